The van der Waals surface area contributed by atoms with Gasteiger partial charge in [-0.2, -0.15) is 0 Å². The lowest BCUT2D eigenvalue weighted by atomic mass is 10.2. The largest absolute Gasteiger partial charge is 0.383 e. The molecule has 1 aliphatic heterocycles. The van der Waals surface area contributed by atoms with E-state index in [-0.39, 0.29) is 5.91 Å². The maximum Gasteiger partial charge on any atom is 0.255 e. The maximum absolute atomic E-state index is 12.5. The third-order valence-electron chi connectivity index (χ3n) is 3.73. The van der Waals surface area contributed by atoms with Crippen LogP contribution >= 0.6 is 0 Å². The van der Waals surface area contributed by atoms with E-state index in [1.54, 1.807) is 19.5 Å². The lowest BCUT2D eigenvalue weighted by molar-refractivity contribution is 0.0643. The minimum absolute atomic E-state index is 0.0636. The zero-order valence-electron chi connectivity index (χ0n) is 12.8. The molecule has 0 radical (unpaired) electrons. The zero-order valence-corrected chi connectivity index (χ0v) is 12.8. The number of likely N-dealkylation sites (N-methyl/N-ethyl adjacent to an activating group) is 1. The maximum atomic E-state index is 12.5. The molecule has 1 aromatic rings. The SMILES string of the molecule is CCN1CCN(C(=O)c2cncc(NCCOC)c2)CC1. The summed E-state index contributed by atoms with van der Waals surface area (Å²) in [6, 6.07) is 1.86. The van der Waals surface area contributed by atoms with E-state index in [1.807, 2.05) is 11.0 Å². The molecule has 1 saturated heterocycles. The van der Waals surface area contributed by atoms with E-state index in [9.17, 15) is 4.79 Å². The highest BCUT2D eigenvalue weighted by atomic mass is 16.5. The van der Waals surface area contributed by atoms with Gasteiger partial charge in [-0.3, -0.25) is 9.78 Å². The van der Waals surface area contributed by atoms with E-state index < -0.39 is 0 Å². The van der Waals surface area contributed by atoms with Crippen LogP contribution in [-0.2, 0) is 4.74 Å². The molecular weight excluding hydrogens is 268 g/mol. The van der Waals surface area contributed by atoms with Crippen molar-refractivity contribution < 1.29 is 9.53 Å². The molecule has 6 heteroatoms. The summed E-state index contributed by atoms with van der Waals surface area (Å²) in [6.07, 6.45) is 3.36. The van der Waals surface area contributed by atoms with Gasteiger partial charge in [-0.25, -0.2) is 0 Å². The van der Waals surface area contributed by atoms with Crippen LogP contribution < -0.4 is 5.32 Å². The minimum atomic E-state index is 0.0636. The van der Waals surface area contributed by atoms with Gasteiger partial charge in [0.2, 0.25) is 0 Å². The van der Waals surface area contributed by atoms with Crippen molar-refractivity contribution in [1.82, 2.24) is 14.8 Å². The molecule has 2 rings (SSSR count). The van der Waals surface area contributed by atoms with Crippen molar-refractivity contribution in [2.45, 2.75) is 6.92 Å². The van der Waals surface area contributed by atoms with Gasteiger partial charge < -0.3 is 19.9 Å². The van der Waals surface area contributed by atoms with E-state index in [0.717, 1.165) is 38.4 Å². The van der Waals surface area contributed by atoms with E-state index in [0.29, 0.717) is 18.7 Å². The summed E-state index contributed by atoms with van der Waals surface area (Å²) < 4.78 is 4.99. The molecule has 6 nitrogen and oxygen atoms in total. The van der Waals surface area contributed by atoms with Crippen molar-refractivity contribution in [3.05, 3.63) is 24.0 Å². The number of pyridine rings is 1. The van der Waals surface area contributed by atoms with Crippen molar-refractivity contribution in [1.29, 1.82) is 0 Å². The lowest BCUT2D eigenvalue weighted by Gasteiger charge is -2.34. The molecule has 0 aliphatic carbocycles. The Kier molecular flexibility index (Phi) is 5.95. The second kappa shape index (κ2) is 7.95. The number of amides is 1. The van der Waals surface area contributed by atoms with E-state index >= 15 is 0 Å². The monoisotopic (exact) mass is 292 g/mol. The number of nitrogens with one attached hydrogen (secondary N) is 1. The normalized spacial score (nSPS) is 16.0. The number of rotatable bonds is 6. The van der Waals surface area contributed by atoms with Gasteiger partial charge in [0.05, 0.1) is 17.9 Å². The van der Waals surface area contributed by atoms with Crippen LogP contribution in [0.5, 0.6) is 0 Å². The van der Waals surface area contributed by atoms with Gasteiger partial charge in [0.1, 0.15) is 0 Å². The highest BCUT2D eigenvalue weighted by Gasteiger charge is 2.21. The first-order chi connectivity index (χ1) is 10.2. The standard InChI is InChI=1S/C15H24N4O2/c1-3-18-5-7-19(8-6-18)15(20)13-10-14(12-16-11-13)17-4-9-21-2/h10-12,17H,3-9H2,1-2H3. The fourth-order valence-electron chi connectivity index (χ4n) is 2.40. The van der Waals surface area contributed by atoms with Gasteiger partial charge in [0.25, 0.3) is 5.91 Å². The topological polar surface area (TPSA) is 57.7 Å². The highest BCUT2D eigenvalue weighted by Crippen LogP contribution is 2.12. The molecule has 1 aromatic heterocycles. The number of methoxy groups -OCH3 is 1. The molecule has 1 N–H and O–H groups in total. The zero-order chi connectivity index (χ0) is 15.1. The Balaban J connectivity index is 1.94. The van der Waals surface area contributed by atoms with Crippen molar-refractivity contribution >= 4 is 11.6 Å². The van der Waals surface area contributed by atoms with E-state index in [4.69, 9.17) is 4.74 Å². The Morgan fingerprint density at radius 2 is 2.10 bits per heavy atom. The molecule has 1 amide bonds. The van der Waals surface area contributed by atoms with E-state index in [1.165, 1.54) is 0 Å². The molecule has 0 atom stereocenters. The van der Waals surface area contributed by atoms with Crippen LogP contribution in [0, 0.1) is 0 Å². The van der Waals surface area contributed by atoms with Crippen molar-refractivity contribution in [2.24, 2.45) is 0 Å². The molecule has 0 saturated carbocycles. The van der Waals surface area contributed by atoms with Crippen LogP contribution in [0.4, 0.5) is 5.69 Å². The van der Waals surface area contributed by atoms with Crippen LogP contribution in [0.25, 0.3) is 0 Å². The number of ether oxygens (including phenoxy) is 1. The molecule has 1 fully saturated rings. The van der Waals surface area contributed by atoms with Crippen LogP contribution in [-0.4, -0.2) is 73.7 Å². The Bertz CT molecular complexity index is 459. The highest BCUT2D eigenvalue weighted by molar-refractivity contribution is 5.94. The molecular formula is C15H24N4O2. The number of hydrogen-bond acceptors (Lipinski definition) is 5. The second-order valence-corrected chi connectivity index (χ2v) is 5.11. The summed E-state index contributed by atoms with van der Waals surface area (Å²) in [5.41, 5.74) is 1.49. The smallest absolute Gasteiger partial charge is 0.255 e. The van der Waals surface area contributed by atoms with Crippen LogP contribution in [0.2, 0.25) is 0 Å². The first-order valence-corrected chi connectivity index (χ1v) is 7.44. The second-order valence-electron chi connectivity index (χ2n) is 5.11. The van der Waals surface area contributed by atoms with Crippen molar-refractivity contribution in [3.8, 4) is 0 Å². The van der Waals surface area contributed by atoms with Crippen LogP contribution in [0.15, 0.2) is 18.5 Å². The number of carbonyl (C=O) groups is 1. The van der Waals surface area contributed by atoms with Crippen LogP contribution in [0.3, 0.4) is 0 Å². The number of aromatic nitrogens is 1. The fraction of sp³-hybridized carbons (Fsp3) is 0.600. The van der Waals surface area contributed by atoms with Crippen molar-refractivity contribution in [3.63, 3.8) is 0 Å². The quantitative estimate of drug-likeness (QED) is 0.790. The Hall–Kier alpha value is -1.66. The molecule has 21 heavy (non-hydrogen) atoms. The number of nitrogens with zero attached hydrogens (tertiary/aromatic N) is 3. The molecule has 116 valence electrons. The number of hydrogen-bond donors (Lipinski definition) is 1. The van der Waals surface area contributed by atoms with Gasteiger partial charge >= 0.3 is 0 Å². The van der Waals surface area contributed by atoms with Gasteiger partial charge in [0.15, 0.2) is 0 Å². The summed E-state index contributed by atoms with van der Waals surface area (Å²) in [5.74, 6) is 0.0636. The number of carbonyl (C=O) groups excluding carboxylic acids is 1. The predicted molar refractivity (Wildman–Crippen MR) is 82.6 cm³/mol. The molecule has 0 aromatic carbocycles. The first kappa shape index (κ1) is 15.7. The summed E-state index contributed by atoms with van der Waals surface area (Å²) in [7, 11) is 1.66. The lowest BCUT2D eigenvalue weighted by Crippen LogP contribution is -2.48. The summed E-state index contributed by atoms with van der Waals surface area (Å²) in [6.45, 7) is 7.98. The summed E-state index contributed by atoms with van der Waals surface area (Å²) in [5, 5.41) is 3.19. The third-order valence-corrected chi connectivity index (χ3v) is 3.73. The molecule has 0 unspecified atom stereocenters. The average molecular weight is 292 g/mol. The molecule has 2 heterocycles. The van der Waals surface area contributed by atoms with Gasteiger partial charge in [0, 0.05) is 52.2 Å². The van der Waals surface area contributed by atoms with Gasteiger partial charge in [-0.05, 0) is 12.6 Å². The Morgan fingerprint density at radius 1 is 1.33 bits per heavy atom. The van der Waals surface area contributed by atoms with Gasteiger partial charge in [-0.15, -0.1) is 0 Å². The average Bonchev–Trinajstić information content (AvgIpc) is 2.55. The predicted octanol–water partition coefficient (Wildman–Crippen LogP) is 0.918. The number of anilines is 1. The van der Waals surface area contributed by atoms with Gasteiger partial charge in [-0.1, -0.05) is 6.92 Å². The fourth-order valence-corrected chi connectivity index (χ4v) is 2.40. The Labute approximate surface area is 126 Å². The summed E-state index contributed by atoms with van der Waals surface area (Å²) >= 11 is 0. The Morgan fingerprint density at radius 3 is 2.76 bits per heavy atom. The molecule has 0 spiro atoms. The number of piperazine rings is 1. The first-order valence-electron chi connectivity index (χ1n) is 7.44. The van der Waals surface area contributed by atoms with E-state index in [2.05, 4.69) is 22.1 Å². The van der Waals surface area contributed by atoms with Crippen molar-refractivity contribution in [2.75, 3.05) is 58.3 Å². The molecule has 1 aliphatic rings. The minimum Gasteiger partial charge on any atom is -0.383 e. The molecule has 0 bridgehead atoms. The van der Waals surface area contributed by atoms with Crippen LogP contribution in [0.1, 0.15) is 17.3 Å². The summed E-state index contributed by atoms with van der Waals surface area (Å²) in [4.78, 5) is 20.9. The third kappa shape index (κ3) is 4.41.